The SMILES string of the molecule is C=C/N=C(\C(=C/C)OC)c1cnc(N)c(C(=O)Nc2ncccc2N2CCC(N)(COC)CC2)n1. The van der Waals surface area contributed by atoms with Crippen LogP contribution in [0, 0.1) is 0 Å². The van der Waals surface area contributed by atoms with Crippen LogP contribution in [-0.2, 0) is 9.47 Å². The number of anilines is 3. The van der Waals surface area contributed by atoms with E-state index in [1.54, 1.807) is 26.3 Å². The second-order valence-corrected chi connectivity index (χ2v) is 8.11. The van der Waals surface area contributed by atoms with Crippen LogP contribution < -0.4 is 21.7 Å². The predicted octanol–water partition coefficient (Wildman–Crippen LogP) is 2.13. The van der Waals surface area contributed by atoms with Gasteiger partial charge in [0.25, 0.3) is 5.91 Å². The lowest BCUT2D eigenvalue weighted by molar-refractivity contribution is 0.102. The molecule has 186 valence electrons. The quantitative estimate of drug-likeness (QED) is 0.362. The molecule has 1 aliphatic rings. The molecule has 11 nitrogen and oxygen atoms in total. The number of carbonyl (C=O) groups excluding carboxylic acids is 1. The van der Waals surface area contributed by atoms with Crippen molar-refractivity contribution in [2.45, 2.75) is 25.3 Å². The molecule has 1 saturated heterocycles. The third kappa shape index (κ3) is 6.00. The van der Waals surface area contributed by atoms with E-state index >= 15 is 0 Å². The van der Waals surface area contributed by atoms with Gasteiger partial charge in [0.15, 0.2) is 17.3 Å². The lowest BCUT2D eigenvalue weighted by Gasteiger charge is -2.40. The van der Waals surface area contributed by atoms with Gasteiger partial charge < -0.3 is 31.2 Å². The number of nitrogen functional groups attached to an aromatic ring is 1. The Hall–Kier alpha value is -3.83. The Kier molecular flexibility index (Phi) is 8.50. The molecule has 11 heteroatoms. The zero-order chi connectivity index (χ0) is 25.4. The third-order valence-corrected chi connectivity index (χ3v) is 5.74. The summed E-state index contributed by atoms with van der Waals surface area (Å²) in [5, 5.41) is 2.83. The Bertz CT molecular complexity index is 1120. The zero-order valence-electron chi connectivity index (χ0n) is 20.3. The number of allylic oxidation sites excluding steroid dienone is 2. The normalized spacial score (nSPS) is 16.1. The zero-order valence-corrected chi connectivity index (χ0v) is 20.3. The van der Waals surface area contributed by atoms with Gasteiger partial charge in [0.05, 0.1) is 25.6 Å². The summed E-state index contributed by atoms with van der Waals surface area (Å²) in [6.07, 6.45) is 7.62. The summed E-state index contributed by atoms with van der Waals surface area (Å²) < 4.78 is 10.6. The largest absolute Gasteiger partial charge is 0.495 e. The van der Waals surface area contributed by atoms with Gasteiger partial charge in [-0.3, -0.25) is 9.79 Å². The van der Waals surface area contributed by atoms with Crippen LogP contribution in [0.1, 0.15) is 35.9 Å². The first-order valence-electron chi connectivity index (χ1n) is 11.2. The maximum atomic E-state index is 13.2. The Labute approximate surface area is 205 Å². The summed E-state index contributed by atoms with van der Waals surface area (Å²) in [6, 6.07) is 3.72. The summed E-state index contributed by atoms with van der Waals surface area (Å²) in [5.41, 5.74) is 13.5. The molecule has 1 amide bonds. The van der Waals surface area contributed by atoms with Gasteiger partial charge in [0.1, 0.15) is 17.2 Å². The maximum absolute atomic E-state index is 13.2. The Balaban J connectivity index is 1.86. The van der Waals surface area contributed by atoms with Crippen molar-refractivity contribution in [2.75, 3.05) is 49.9 Å². The molecule has 3 heterocycles. The number of aromatic nitrogens is 3. The van der Waals surface area contributed by atoms with Crippen LogP contribution in [0.25, 0.3) is 0 Å². The molecule has 0 spiro atoms. The van der Waals surface area contributed by atoms with Crippen LogP contribution in [0.15, 0.2) is 54.1 Å². The van der Waals surface area contributed by atoms with Crippen LogP contribution in [0.4, 0.5) is 17.3 Å². The van der Waals surface area contributed by atoms with Gasteiger partial charge in [-0.2, -0.15) is 0 Å². The van der Waals surface area contributed by atoms with Gasteiger partial charge in [0, 0.05) is 38.1 Å². The van der Waals surface area contributed by atoms with Gasteiger partial charge in [0.2, 0.25) is 0 Å². The number of nitrogens with one attached hydrogen (secondary N) is 1. The van der Waals surface area contributed by atoms with Crippen molar-refractivity contribution in [1.82, 2.24) is 15.0 Å². The highest BCUT2D eigenvalue weighted by atomic mass is 16.5. The topological polar surface area (TPSA) is 154 Å². The molecule has 0 atom stereocenters. The van der Waals surface area contributed by atoms with Gasteiger partial charge in [-0.1, -0.05) is 6.58 Å². The van der Waals surface area contributed by atoms with E-state index in [4.69, 9.17) is 20.9 Å². The molecular formula is C24H32N8O3. The molecule has 0 unspecified atom stereocenters. The predicted molar refractivity (Wildman–Crippen MR) is 136 cm³/mol. The first-order chi connectivity index (χ1) is 16.9. The number of methoxy groups -OCH3 is 2. The number of aliphatic imine (C=N–C) groups is 1. The van der Waals surface area contributed by atoms with E-state index < -0.39 is 5.91 Å². The first kappa shape index (κ1) is 25.8. The van der Waals surface area contributed by atoms with Crippen LogP contribution in [0.5, 0.6) is 0 Å². The molecule has 0 saturated carbocycles. The summed E-state index contributed by atoms with van der Waals surface area (Å²) in [7, 11) is 3.17. The average molecular weight is 481 g/mol. The van der Waals surface area contributed by atoms with Crippen LogP contribution in [0.3, 0.4) is 0 Å². The Morgan fingerprint density at radius 1 is 1.34 bits per heavy atom. The molecule has 5 N–H and O–H groups in total. The number of ether oxygens (including phenoxy) is 2. The minimum Gasteiger partial charge on any atom is -0.495 e. The molecule has 1 aliphatic heterocycles. The smallest absolute Gasteiger partial charge is 0.279 e. The number of nitrogens with zero attached hydrogens (tertiary/aromatic N) is 5. The third-order valence-electron chi connectivity index (χ3n) is 5.74. The fourth-order valence-corrected chi connectivity index (χ4v) is 3.92. The maximum Gasteiger partial charge on any atom is 0.279 e. The molecule has 2 aromatic rings. The van der Waals surface area contributed by atoms with Crippen LogP contribution in [0.2, 0.25) is 0 Å². The van der Waals surface area contributed by atoms with Crippen molar-refractivity contribution in [3.8, 4) is 0 Å². The lowest BCUT2D eigenvalue weighted by Crippen LogP contribution is -2.53. The second-order valence-electron chi connectivity index (χ2n) is 8.11. The van der Waals surface area contributed by atoms with Gasteiger partial charge in [-0.05, 0) is 38.0 Å². The number of carbonyl (C=O) groups is 1. The van der Waals surface area contributed by atoms with E-state index in [1.807, 2.05) is 12.1 Å². The molecular weight excluding hydrogens is 448 g/mol. The van der Waals surface area contributed by atoms with Crippen molar-refractivity contribution in [2.24, 2.45) is 10.7 Å². The van der Waals surface area contributed by atoms with E-state index in [9.17, 15) is 4.79 Å². The Morgan fingerprint density at radius 2 is 2.09 bits per heavy atom. The van der Waals surface area contributed by atoms with E-state index in [0.717, 1.165) is 18.5 Å². The summed E-state index contributed by atoms with van der Waals surface area (Å²) in [4.78, 5) is 32.5. The summed E-state index contributed by atoms with van der Waals surface area (Å²) >= 11 is 0. The highest BCUT2D eigenvalue weighted by Crippen LogP contribution is 2.29. The molecule has 0 radical (unpaired) electrons. The molecule has 0 aromatic carbocycles. The standard InChI is InChI=1S/C24H32N8O3/c1-5-18(35-4)19(27-6-2)16-14-29-21(25)20(30-16)23(33)31-22-17(8-7-11-28-22)32-12-9-24(26,10-13-32)15-34-3/h5-8,11,14H,2,9-10,12-13,15,26H2,1,3-4H3,(H2,25,29)(H,28,31,33)/b18-5+,27-19-. The van der Waals surface area contributed by atoms with Crippen molar-refractivity contribution >= 4 is 28.9 Å². The summed E-state index contributed by atoms with van der Waals surface area (Å²) in [5.74, 6) is 0.286. The molecule has 1 fully saturated rings. The number of hydrogen-bond acceptors (Lipinski definition) is 10. The van der Waals surface area contributed by atoms with Gasteiger partial charge >= 0.3 is 0 Å². The van der Waals surface area contributed by atoms with E-state index in [1.165, 1.54) is 19.5 Å². The fourth-order valence-electron chi connectivity index (χ4n) is 3.92. The fraction of sp³-hybridized carbons (Fsp3) is 0.375. The van der Waals surface area contributed by atoms with Crippen molar-refractivity contribution < 1.29 is 14.3 Å². The number of piperidine rings is 1. The number of amides is 1. The molecule has 35 heavy (non-hydrogen) atoms. The van der Waals surface area contributed by atoms with Crippen molar-refractivity contribution in [3.63, 3.8) is 0 Å². The molecule has 0 aliphatic carbocycles. The Morgan fingerprint density at radius 3 is 2.71 bits per heavy atom. The second kappa shape index (κ2) is 11.5. The number of rotatable bonds is 9. The highest BCUT2D eigenvalue weighted by Gasteiger charge is 2.32. The summed E-state index contributed by atoms with van der Waals surface area (Å²) in [6.45, 7) is 7.34. The molecule has 2 aromatic heterocycles. The van der Waals surface area contributed by atoms with Crippen LogP contribution >= 0.6 is 0 Å². The minimum atomic E-state index is -0.543. The monoisotopic (exact) mass is 480 g/mol. The molecule has 3 rings (SSSR count). The van der Waals surface area contributed by atoms with E-state index in [-0.39, 0.29) is 17.1 Å². The van der Waals surface area contributed by atoms with E-state index in [2.05, 4.69) is 36.7 Å². The van der Waals surface area contributed by atoms with Crippen molar-refractivity contribution in [1.29, 1.82) is 0 Å². The van der Waals surface area contributed by atoms with Crippen molar-refractivity contribution in [3.05, 3.63) is 60.5 Å². The minimum absolute atomic E-state index is 0.0217. The molecule has 0 bridgehead atoms. The lowest BCUT2D eigenvalue weighted by atomic mass is 9.89. The number of hydrogen-bond donors (Lipinski definition) is 3. The van der Waals surface area contributed by atoms with Gasteiger partial charge in [-0.15, -0.1) is 0 Å². The first-order valence-corrected chi connectivity index (χ1v) is 11.2. The number of pyridine rings is 1. The van der Waals surface area contributed by atoms with Gasteiger partial charge in [-0.25, -0.2) is 15.0 Å². The number of nitrogens with two attached hydrogens (primary N) is 2. The highest BCUT2D eigenvalue weighted by molar-refractivity contribution is 6.12. The van der Waals surface area contributed by atoms with Crippen LogP contribution in [-0.4, -0.2) is 66.0 Å². The average Bonchev–Trinajstić information content (AvgIpc) is 2.85. The van der Waals surface area contributed by atoms with E-state index in [0.29, 0.717) is 42.7 Å².